The lowest BCUT2D eigenvalue weighted by Gasteiger charge is -2.08. The molecule has 0 aromatic carbocycles. The second-order valence-corrected chi connectivity index (χ2v) is 4.02. The molecule has 1 aromatic rings. The van der Waals surface area contributed by atoms with Crippen LogP contribution in [0.2, 0.25) is 0 Å². The van der Waals surface area contributed by atoms with Gasteiger partial charge in [-0.15, -0.1) is 0 Å². The Morgan fingerprint density at radius 2 is 2.31 bits per heavy atom. The van der Waals surface area contributed by atoms with Crippen molar-refractivity contribution in [3.8, 4) is 5.75 Å². The SMILES string of the molecule is OC(CBr)COc1cncc(Br)c1. The molecule has 1 aromatic heterocycles. The number of aromatic nitrogens is 1. The molecule has 0 radical (unpaired) electrons. The highest BCUT2D eigenvalue weighted by molar-refractivity contribution is 9.10. The molecule has 5 heteroatoms. The van der Waals surface area contributed by atoms with Crippen LogP contribution in [0.15, 0.2) is 22.9 Å². The summed E-state index contributed by atoms with van der Waals surface area (Å²) in [4.78, 5) is 3.92. The number of aliphatic hydroxyl groups is 1. The summed E-state index contributed by atoms with van der Waals surface area (Å²) in [5.41, 5.74) is 0. The first-order valence-electron chi connectivity index (χ1n) is 3.69. The van der Waals surface area contributed by atoms with Crippen LogP contribution < -0.4 is 4.74 Å². The molecule has 0 fully saturated rings. The van der Waals surface area contributed by atoms with Crippen LogP contribution in [0.3, 0.4) is 0 Å². The van der Waals surface area contributed by atoms with Crippen molar-refractivity contribution >= 4 is 31.9 Å². The van der Waals surface area contributed by atoms with E-state index in [1.807, 2.05) is 0 Å². The number of hydrogen-bond donors (Lipinski definition) is 1. The highest BCUT2D eigenvalue weighted by atomic mass is 79.9. The molecule has 72 valence electrons. The van der Waals surface area contributed by atoms with E-state index >= 15 is 0 Å². The van der Waals surface area contributed by atoms with Crippen molar-refractivity contribution in [3.05, 3.63) is 22.9 Å². The molecule has 0 saturated heterocycles. The van der Waals surface area contributed by atoms with Crippen LogP contribution in [0, 0.1) is 0 Å². The minimum absolute atomic E-state index is 0.267. The zero-order valence-corrected chi connectivity index (χ0v) is 9.95. The zero-order chi connectivity index (χ0) is 9.68. The van der Waals surface area contributed by atoms with Crippen molar-refractivity contribution in [2.24, 2.45) is 0 Å². The van der Waals surface area contributed by atoms with Crippen molar-refractivity contribution in [1.82, 2.24) is 4.98 Å². The summed E-state index contributed by atoms with van der Waals surface area (Å²) in [5.74, 6) is 0.648. The number of halogens is 2. The maximum Gasteiger partial charge on any atom is 0.138 e. The molecule has 13 heavy (non-hydrogen) atoms. The quantitative estimate of drug-likeness (QED) is 0.865. The van der Waals surface area contributed by atoms with E-state index in [0.29, 0.717) is 11.1 Å². The first-order chi connectivity index (χ1) is 6.22. The number of nitrogens with zero attached hydrogens (tertiary/aromatic N) is 1. The number of rotatable bonds is 4. The molecule has 1 unspecified atom stereocenters. The number of aliphatic hydroxyl groups excluding tert-OH is 1. The van der Waals surface area contributed by atoms with Crippen LogP contribution in [0.4, 0.5) is 0 Å². The van der Waals surface area contributed by atoms with Crippen LogP contribution in [-0.4, -0.2) is 28.1 Å². The van der Waals surface area contributed by atoms with Gasteiger partial charge in [0, 0.05) is 16.0 Å². The molecule has 0 saturated carbocycles. The first kappa shape index (κ1) is 10.9. The highest BCUT2D eigenvalue weighted by Gasteiger charge is 2.02. The normalized spacial score (nSPS) is 12.5. The number of hydrogen-bond acceptors (Lipinski definition) is 3. The fraction of sp³-hybridized carbons (Fsp3) is 0.375. The Balaban J connectivity index is 2.45. The highest BCUT2D eigenvalue weighted by Crippen LogP contribution is 2.15. The van der Waals surface area contributed by atoms with Crippen molar-refractivity contribution in [2.45, 2.75) is 6.10 Å². The molecule has 0 bridgehead atoms. The van der Waals surface area contributed by atoms with Crippen LogP contribution in [0.1, 0.15) is 0 Å². The molecule has 3 nitrogen and oxygen atoms in total. The lowest BCUT2D eigenvalue weighted by atomic mass is 10.4. The Bertz CT molecular complexity index is 270. The first-order valence-corrected chi connectivity index (χ1v) is 5.61. The average molecular weight is 311 g/mol. The number of alkyl halides is 1. The molecule has 1 N–H and O–H groups in total. The van der Waals surface area contributed by atoms with Gasteiger partial charge in [0.15, 0.2) is 0 Å². The zero-order valence-electron chi connectivity index (χ0n) is 6.78. The third-order valence-electron chi connectivity index (χ3n) is 1.30. The van der Waals surface area contributed by atoms with Crippen LogP contribution in [0.25, 0.3) is 0 Å². The van der Waals surface area contributed by atoms with E-state index in [1.165, 1.54) is 0 Å². The summed E-state index contributed by atoms with van der Waals surface area (Å²) in [6.07, 6.45) is 2.79. The standard InChI is InChI=1S/C8H9Br2NO2/c9-2-7(12)5-13-8-1-6(10)3-11-4-8/h1,3-4,7,12H,2,5H2. The van der Waals surface area contributed by atoms with Gasteiger partial charge in [-0.1, -0.05) is 15.9 Å². The fourth-order valence-corrected chi connectivity index (χ4v) is 1.24. The fourth-order valence-electron chi connectivity index (χ4n) is 0.708. The molecule has 1 atom stereocenters. The Hall–Kier alpha value is -0.130. The lowest BCUT2D eigenvalue weighted by molar-refractivity contribution is 0.127. The van der Waals surface area contributed by atoms with Gasteiger partial charge in [0.1, 0.15) is 12.4 Å². The summed E-state index contributed by atoms with van der Waals surface area (Å²) < 4.78 is 6.13. The van der Waals surface area contributed by atoms with Crippen molar-refractivity contribution in [3.63, 3.8) is 0 Å². The lowest BCUT2D eigenvalue weighted by Crippen LogP contribution is -2.18. The largest absolute Gasteiger partial charge is 0.489 e. The van der Waals surface area contributed by atoms with Gasteiger partial charge >= 0.3 is 0 Å². The van der Waals surface area contributed by atoms with E-state index in [0.717, 1.165) is 4.47 Å². The molecule has 0 aliphatic carbocycles. The summed E-state index contributed by atoms with van der Waals surface area (Å²) in [6, 6.07) is 1.80. The maximum atomic E-state index is 9.18. The predicted octanol–water partition coefficient (Wildman–Crippen LogP) is 1.98. The summed E-state index contributed by atoms with van der Waals surface area (Å²) >= 11 is 6.42. The van der Waals surface area contributed by atoms with E-state index in [-0.39, 0.29) is 6.61 Å². The van der Waals surface area contributed by atoms with Crippen molar-refractivity contribution in [2.75, 3.05) is 11.9 Å². The maximum absolute atomic E-state index is 9.18. The molecule has 0 spiro atoms. The second-order valence-electron chi connectivity index (χ2n) is 2.46. The van der Waals surface area contributed by atoms with E-state index in [2.05, 4.69) is 36.8 Å². The van der Waals surface area contributed by atoms with Crippen molar-refractivity contribution in [1.29, 1.82) is 0 Å². The molecule has 0 aliphatic rings. The van der Waals surface area contributed by atoms with E-state index in [9.17, 15) is 5.11 Å². The topological polar surface area (TPSA) is 42.4 Å². The van der Waals surface area contributed by atoms with Gasteiger partial charge in [-0.25, -0.2) is 0 Å². The summed E-state index contributed by atoms with van der Waals surface area (Å²) in [7, 11) is 0. The molecular weight excluding hydrogens is 302 g/mol. The Morgan fingerprint density at radius 1 is 1.54 bits per heavy atom. The number of ether oxygens (including phenoxy) is 1. The molecule has 0 aliphatic heterocycles. The third kappa shape index (κ3) is 4.06. The molecule has 1 rings (SSSR count). The van der Waals surface area contributed by atoms with Crippen LogP contribution in [-0.2, 0) is 0 Å². The molecular formula is C8H9Br2NO2. The van der Waals surface area contributed by atoms with E-state index in [1.54, 1.807) is 18.5 Å². The summed E-state index contributed by atoms with van der Waals surface area (Å²) in [6.45, 7) is 0.267. The minimum Gasteiger partial charge on any atom is -0.489 e. The summed E-state index contributed by atoms with van der Waals surface area (Å²) in [5, 5.41) is 9.69. The Kier molecular flexibility index (Phi) is 4.69. The van der Waals surface area contributed by atoms with Gasteiger partial charge in [-0.2, -0.15) is 0 Å². The second kappa shape index (κ2) is 5.57. The number of pyridine rings is 1. The molecule has 0 amide bonds. The third-order valence-corrected chi connectivity index (χ3v) is 2.48. The minimum atomic E-state index is -0.487. The van der Waals surface area contributed by atoms with Gasteiger partial charge in [0.25, 0.3) is 0 Å². The van der Waals surface area contributed by atoms with Crippen molar-refractivity contribution < 1.29 is 9.84 Å². The monoisotopic (exact) mass is 309 g/mol. The van der Waals surface area contributed by atoms with E-state index < -0.39 is 6.10 Å². The van der Waals surface area contributed by atoms with Gasteiger partial charge < -0.3 is 9.84 Å². The average Bonchev–Trinajstić information content (AvgIpc) is 2.14. The van der Waals surface area contributed by atoms with Gasteiger partial charge in [-0.3, -0.25) is 4.98 Å². The van der Waals surface area contributed by atoms with E-state index in [4.69, 9.17) is 4.74 Å². The van der Waals surface area contributed by atoms with Gasteiger partial charge in [-0.05, 0) is 22.0 Å². The van der Waals surface area contributed by atoms with Gasteiger partial charge in [0.05, 0.1) is 12.3 Å². The predicted molar refractivity (Wildman–Crippen MR) is 57.2 cm³/mol. The Labute approximate surface area is 93.4 Å². The van der Waals surface area contributed by atoms with Crippen LogP contribution in [0.5, 0.6) is 5.75 Å². The molecule has 1 heterocycles. The van der Waals surface area contributed by atoms with Gasteiger partial charge in [0.2, 0.25) is 0 Å². The van der Waals surface area contributed by atoms with Crippen LogP contribution >= 0.6 is 31.9 Å². The Morgan fingerprint density at radius 3 is 2.92 bits per heavy atom. The smallest absolute Gasteiger partial charge is 0.138 e.